The summed E-state index contributed by atoms with van der Waals surface area (Å²) < 4.78 is 0. The molecule has 22 heavy (non-hydrogen) atoms. The zero-order valence-electron chi connectivity index (χ0n) is 12.6. The fourth-order valence-electron chi connectivity index (χ4n) is 3.99. The van der Waals surface area contributed by atoms with E-state index in [1.54, 1.807) is 0 Å². The normalized spacial score (nSPS) is 27.2. The monoisotopic (exact) mass is 293 g/mol. The second-order valence-electron chi connectivity index (χ2n) is 6.28. The van der Waals surface area contributed by atoms with Gasteiger partial charge in [0, 0.05) is 31.0 Å². The van der Waals surface area contributed by atoms with Crippen LogP contribution in [0.5, 0.6) is 0 Å². The first-order valence-electron chi connectivity index (χ1n) is 7.90. The Hall–Kier alpha value is -2.23. The van der Waals surface area contributed by atoms with Crippen molar-refractivity contribution in [2.24, 2.45) is 5.92 Å². The molecule has 1 amide bonds. The highest BCUT2D eigenvalue weighted by molar-refractivity contribution is 5.86. The number of rotatable bonds is 2. The first kappa shape index (κ1) is 13.4. The molecule has 1 aliphatic carbocycles. The Labute approximate surface area is 130 Å². The topological polar surface area (TPSA) is 46.1 Å². The van der Waals surface area contributed by atoms with Gasteiger partial charge in [-0.15, -0.1) is 0 Å². The molecule has 0 N–H and O–H groups in total. The number of carbonyl (C=O) groups excluding carboxylic acids is 1. The number of aromatic nitrogens is 2. The molecular weight excluding hydrogens is 274 g/mol. The maximum Gasteiger partial charge on any atom is 0.233 e. The third-order valence-corrected chi connectivity index (χ3v) is 5.13. The quantitative estimate of drug-likeness (QED) is 0.855. The van der Waals surface area contributed by atoms with Crippen LogP contribution in [0.4, 0.5) is 0 Å². The Kier molecular flexibility index (Phi) is 3.17. The maximum atomic E-state index is 12.5. The van der Waals surface area contributed by atoms with Crippen LogP contribution in [0.15, 0.2) is 42.7 Å². The van der Waals surface area contributed by atoms with Gasteiger partial charge in [0.1, 0.15) is 11.7 Å². The summed E-state index contributed by atoms with van der Waals surface area (Å²) in [6, 6.07) is 10.5. The van der Waals surface area contributed by atoms with Crippen molar-refractivity contribution >= 4 is 5.91 Å². The highest BCUT2D eigenvalue weighted by Gasteiger charge is 2.50. The molecule has 0 radical (unpaired) electrons. The minimum Gasteiger partial charge on any atom is -0.342 e. The van der Waals surface area contributed by atoms with E-state index in [4.69, 9.17) is 0 Å². The van der Waals surface area contributed by atoms with E-state index in [0.717, 1.165) is 24.0 Å². The van der Waals surface area contributed by atoms with Crippen molar-refractivity contribution in [1.82, 2.24) is 14.9 Å². The van der Waals surface area contributed by atoms with Crippen LogP contribution in [-0.4, -0.2) is 33.9 Å². The van der Waals surface area contributed by atoms with Crippen LogP contribution < -0.4 is 0 Å². The summed E-state index contributed by atoms with van der Waals surface area (Å²) in [4.78, 5) is 23.5. The second kappa shape index (κ2) is 5.20. The molecule has 4 heteroatoms. The van der Waals surface area contributed by atoms with Crippen molar-refractivity contribution in [2.75, 3.05) is 7.05 Å². The highest BCUT2D eigenvalue weighted by atomic mass is 16.2. The van der Waals surface area contributed by atoms with Crippen molar-refractivity contribution < 1.29 is 4.79 Å². The molecule has 4 nitrogen and oxygen atoms in total. The van der Waals surface area contributed by atoms with E-state index in [2.05, 4.69) is 9.97 Å². The van der Waals surface area contributed by atoms with Crippen LogP contribution in [0, 0.1) is 5.92 Å². The van der Waals surface area contributed by atoms with Gasteiger partial charge in [-0.05, 0) is 24.3 Å². The van der Waals surface area contributed by atoms with Crippen molar-refractivity contribution in [1.29, 1.82) is 0 Å². The van der Waals surface area contributed by atoms with Crippen molar-refractivity contribution in [2.45, 2.75) is 31.2 Å². The third-order valence-electron chi connectivity index (χ3n) is 5.13. The summed E-state index contributed by atoms with van der Waals surface area (Å²) in [5.41, 5.74) is 2.09. The minimum atomic E-state index is -0.151. The lowest BCUT2D eigenvalue weighted by Crippen LogP contribution is -2.29. The predicted molar refractivity (Wildman–Crippen MR) is 84.1 cm³/mol. The van der Waals surface area contributed by atoms with Crippen LogP contribution in [-0.2, 0) is 4.79 Å². The van der Waals surface area contributed by atoms with Crippen molar-refractivity contribution in [3.05, 3.63) is 48.5 Å². The molecule has 1 aliphatic heterocycles. The van der Waals surface area contributed by atoms with Gasteiger partial charge < -0.3 is 4.90 Å². The first-order chi connectivity index (χ1) is 10.8. The number of amides is 1. The number of likely N-dealkylation sites (tertiary alicyclic amines) is 1. The average Bonchev–Trinajstić information content (AvgIpc) is 3.12. The van der Waals surface area contributed by atoms with Crippen LogP contribution in [0.25, 0.3) is 11.1 Å². The molecule has 4 rings (SSSR count). The van der Waals surface area contributed by atoms with Crippen LogP contribution in [0.1, 0.15) is 31.0 Å². The Morgan fingerprint density at radius 2 is 1.77 bits per heavy atom. The molecule has 2 fully saturated rings. The second-order valence-corrected chi connectivity index (χ2v) is 6.28. The van der Waals surface area contributed by atoms with Gasteiger partial charge in [-0.1, -0.05) is 36.8 Å². The number of fused-ring (bicyclic) bond motifs is 1. The highest BCUT2D eigenvalue weighted by Crippen LogP contribution is 2.45. The van der Waals surface area contributed by atoms with Gasteiger partial charge in [0.05, 0.1) is 0 Å². The molecule has 3 atom stereocenters. The van der Waals surface area contributed by atoms with Gasteiger partial charge in [0.2, 0.25) is 5.91 Å². The fourth-order valence-corrected chi connectivity index (χ4v) is 3.99. The molecule has 1 unspecified atom stereocenters. The van der Waals surface area contributed by atoms with Crippen molar-refractivity contribution in [3.63, 3.8) is 0 Å². The van der Waals surface area contributed by atoms with Crippen LogP contribution >= 0.6 is 0 Å². The lowest BCUT2D eigenvalue weighted by Gasteiger charge is -2.17. The van der Waals surface area contributed by atoms with E-state index in [9.17, 15) is 4.79 Å². The molecule has 1 saturated heterocycles. The Balaban J connectivity index is 1.65. The number of likely N-dealkylation sites (N-methyl/N-ethyl adjacent to an activating group) is 1. The third kappa shape index (κ3) is 2.02. The largest absolute Gasteiger partial charge is 0.342 e. The maximum absolute atomic E-state index is 12.5. The first-order valence-corrected chi connectivity index (χ1v) is 7.90. The van der Waals surface area contributed by atoms with E-state index >= 15 is 0 Å². The average molecular weight is 293 g/mol. The molecule has 112 valence electrons. The zero-order chi connectivity index (χ0) is 15.1. The summed E-state index contributed by atoms with van der Waals surface area (Å²) in [6.45, 7) is 0. The predicted octanol–water partition coefficient (Wildman–Crippen LogP) is 2.87. The lowest BCUT2D eigenvalue weighted by atomic mass is 9.91. The van der Waals surface area contributed by atoms with E-state index in [1.165, 1.54) is 6.42 Å². The number of benzene rings is 1. The van der Waals surface area contributed by atoms with Gasteiger partial charge in [0.15, 0.2) is 0 Å². The van der Waals surface area contributed by atoms with Crippen LogP contribution in [0.3, 0.4) is 0 Å². The molecule has 2 aliphatic rings. The number of hydrogen-bond donors (Lipinski definition) is 0. The summed E-state index contributed by atoms with van der Waals surface area (Å²) in [7, 11) is 1.92. The Morgan fingerprint density at radius 3 is 2.50 bits per heavy atom. The molecule has 2 heterocycles. The molecule has 0 spiro atoms. The minimum absolute atomic E-state index is 0.151. The smallest absolute Gasteiger partial charge is 0.233 e. The molecule has 1 saturated carbocycles. The van der Waals surface area contributed by atoms with E-state index < -0.39 is 0 Å². The number of nitrogens with zero attached hydrogens (tertiary/aromatic N) is 3. The summed E-state index contributed by atoms with van der Waals surface area (Å²) >= 11 is 0. The zero-order valence-corrected chi connectivity index (χ0v) is 12.6. The van der Waals surface area contributed by atoms with Gasteiger partial charge in [-0.3, -0.25) is 4.79 Å². The summed E-state index contributed by atoms with van der Waals surface area (Å²) in [5.74, 6) is 1.11. The SMILES string of the molecule is CN1C(=O)C(c2ncc(-c3ccccc3)cn2)[C@@H]2CCC[C@@H]21. The Bertz CT molecular complexity index is 683. The molecule has 0 bridgehead atoms. The molecule has 2 aromatic rings. The Morgan fingerprint density at radius 1 is 1.05 bits per heavy atom. The van der Waals surface area contributed by atoms with Gasteiger partial charge in [-0.25, -0.2) is 9.97 Å². The number of hydrogen-bond acceptors (Lipinski definition) is 3. The van der Waals surface area contributed by atoms with E-state index in [-0.39, 0.29) is 11.8 Å². The summed E-state index contributed by atoms with van der Waals surface area (Å²) in [6.07, 6.45) is 7.10. The molecular formula is C18H19N3O. The standard InChI is InChI=1S/C18H19N3O/c1-21-15-9-5-8-14(15)16(18(21)22)17-19-10-13(11-20-17)12-6-3-2-4-7-12/h2-4,6-7,10-11,14-16H,5,8-9H2,1H3/t14-,15+,16?/m1/s1. The molecule has 1 aromatic heterocycles. The van der Waals surface area contributed by atoms with Crippen LogP contribution in [0.2, 0.25) is 0 Å². The number of carbonyl (C=O) groups is 1. The van der Waals surface area contributed by atoms with Gasteiger partial charge in [-0.2, -0.15) is 0 Å². The van der Waals surface area contributed by atoms with Crippen molar-refractivity contribution in [3.8, 4) is 11.1 Å². The summed E-state index contributed by atoms with van der Waals surface area (Å²) in [5, 5.41) is 0. The van der Waals surface area contributed by atoms with Gasteiger partial charge in [0.25, 0.3) is 0 Å². The van der Waals surface area contributed by atoms with E-state index in [1.807, 2.05) is 54.7 Å². The fraction of sp³-hybridized carbons (Fsp3) is 0.389. The van der Waals surface area contributed by atoms with Gasteiger partial charge >= 0.3 is 0 Å². The molecule has 1 aromatic carbocycles. The lowest BCUT2D eigenvalue weighted by molar-refractivity contribution is -0.129. The van der Waals surface area contributed by atoms with E-state index in [0.29, 0.717) is 17.8 Å².